The highest BCUT2D eigenvalue weighted by molar-refractivity contribution is 7.89. The molecule has 12 heteroatoms. The van der Waals surface area contributed by atoms with E-state index < -0.39 is 22.0 Å². The van der Waals surface area contributed by atoms with Gasteiger partial charge in [-0.1, -0.05) is 29.8 Å². The minimum atomic E-state index is -3.91. The maximum Gasteiger partial charge on any atom is 0.283 e. The highest BCUT2D eigenvalue weighted by Gasteiger charge is 2.40. The second-order valence-electron chi connectivity index (χ2n) is 8.86. The van der Waals surface area contributed by atoms with Crippen LogP contribution in [0.1, 0.15) is 21.1 Å². The fourth-order valence-electron chi connectivity index (χ4n) is 4.61. The number of hydrogen-bond donors (Lipinski definition) is 2. The van der Waals surface area contributed by atoms with Crippen LogP contribution in [0.5, 0.6) is 0 Å². The summed E-state index contributed by atoms with van der Waals surface area (Å²) in [6, 6.07) is 9.10. The van der Waals surface area contributed by atoms with Crippen molar-refractivity contribution in [2.45, 2.75) is 17.4 Å². The summed E-state index contributed by atoms with van der Waals surface area (Å²) in [5.41, 5.74) is 1.15. The van der Waals surface area contributed by atoms with Crippen LogP contribution in [-0.2, 0) is 14.8 Å². The summed E-state index contributed by atoms with van der Waals surface area (Å²) in [7, 11) is -2.44. The first-order valence-corrected chi connectivity index (χ1v) is 14.5. The van der Waals surface area contributed by atoms with Gasteiger partial charge in [-0.15, -0.1) is 11.3 Å². The van der Waals surface area contributed by atoms with Gasteiger partial charge in [0, 0.05) is 44.4 Å². The molecule has 1 saturated heterocycles. The predicted molar refractivity (Wildman–Crippen MR) is 144 cm³/mol. The molecule has 2 amide bonds. The molecule has 5 rings (SSSR count). The van der Waals surface area contributed by atoms with Gasteiger partial charge in [-0.3, -0.25) is 9.59 Å². The number of benzene rings is 2. The average molecular weight is 560 g/mol. The van der Waals surface area contributed by atoms with E-state index in [0.717, 1.165) is 40.7 Å². The number of piperazine rings is 1. The maximum atomic E-state index is 13.5. The molecule has 3 aromatic rings. The summed E-state index contributed by atoms with van der Waals surface area (Å²) < 4.78 is 28.3. The van der Waals surface area contributed by atoms with Crippen LogP contribution in [0, 0.1) is 0 Å². The van der Waals surface area contributed by atoms with E-state index in [1.54, 1.807) is 36.5 Å². The van der Waals surface area contributed by atoms with Crippen molar-refractivity contribution in [2.24, 2.45) is 0 Å². The topological polar surface area (TPSA) is 112 Å². The van der Waals surface area contributed by atoms with Crippen LogP contribution in [0.3, 0.4) is 0 Å². The third-order valence-electron chi connectivity index (χ3n) is 6.63. The van der Waals surface area contributed by atoms with E-state index in [1.165, 1.54) is 33.7 Å². The lowest BCUT2D eigenvalue weighted by Gasteiger charge is -2.39. The molecule has 0 bridgehead atoms. The Bertz CT molecular complexity index is 1500. The van der Waals surface area contributed by atoms with Gasteiger partial charge in [0.1, 0.15) is 6.04 Å². The summed E-state index contributed by atoms with van der Waals surface area (Å²) in [4.78, 5) is 33.0. The van der Waals surface area contributed by atoms with Crippen molar-refractivity contribution >= 4 is 61.1 Å². The van der Waals surface area contributed by atoms with E-state index >= 15 is 0 Å². The standard InChI is InChI=1S/C25H26ClN5O4S2/c1-27-23(32)21-15-30(37(34,35)20-5-3-17-12-19(26)4-2-18(17)13-20)10-11-31(21)25(33)24-29-14-22(36-24)16-6-8-28-9-7-16/h2-6,12-14,21,28H,7-11,15H2,1H3,(H,27,32). The maximum absolute atomic E-state index is 13.5. The number of sulfonamides is 1. The van der Waals surface area contributed by atoms with Gasteiger partial charge in [0.2, 0.25) is 15.9 Å². The molecule has 1 aromatic heterocycles. The Morgan fingerprint density at radius 3 is 2.70 bits per heavy atom. The van der Waals surface area contributed by atoms with Gasteiger partial charge in [0.05, 0.1) is 9.77 Å². The molecule has 0 radical (unpaired) electrons. The van der Waals surface area contributed by atoms with Crippen molar-refractivity contribution in [3.8, 4) is 0 Å². The van der Waals surface area contributed by atoms with E-state index in [-0.39, 0.29) is 35.4 Å². The summed E-state index contributed by atoms with van der Waals surface area (Å²) in [6.45, 7) is 1.63. The lowest BCUT2D eigenvalue weighted by Crippen LogP contribution is -2.61. The quantitative estimate of drug-likeness (QED) is 0.497. The average Bonchev–Trinajstić information content (AvgIpc) is 3.42. The first-order chi connectivity index (χ1) is 17.8. The molecule has 1 fully saturated rings. The van der Waals surface area contributed by atoms with Crippen LogP contribution in [-0.4, -0.2) is 80.2 Å². The van der Waals surface area contributed by atoms with E-state index in [2.05, 4.69) is 21.7 Å². The van der Waals surface area contributed by atoms with Gasteiger partial charge in [-0.25, -0.2) is 13.4 Å². The molecule has 2 aliphatic rings. The van der Waals surface area contributed by atoms with Crippen LogP contribution in [0.15, 0.2) is 53.6 Å². The van der Waals surface area contributed by atoms with E-state index in [4.69, 9.17) is 11.6 Å². The first kappa shape index (κ1) is 25.8. The summed E-state index contributed by atoms with van der Waals surface area (Å²) in [5.74, 6) is -0.807. The van der Waals surface area contributed by atoms with Crippen LogP contribution >= 0.6 is 22.9 Å². The molecule has 2 aromatic carbocycles. The zero-order valence-corrected chi connectivity index (χ0v) is 22.5. The fraction of sp³-hybridized carbons (Fsp3) is 0.320. The Morgan fingerprint density at radius 2 is 1.95 bits per heavy atom. The Morgan fingerprint density at radius 1 is 1.16 bits per heavy atom. The molecule has 2 N–H and O–H groups in total. The number of rotatable bonds is 5. The lowest BCUT2D eigenvalue weighted by atomic mass is 10.1. The van der Waals surface area contributed by atoms with E-state index in [0.29, 0.717) is 5.02 Å². The SMILES string of the molecule is CNC(=O)C1CN(S(=O)(=O)c2ccc3cc(Cl)ccc3c2)CCN1C(=O)c1ncc(C2=CCNCC2)s1. The number of carbonyl (C=O) groups is 2. The number of aromatic nitrogens is 1. The summed E-state index contributed by atoms with van der Waals surface area (Å²) in [5, 5.41) is 8.25. The van der Waals surface area contributed by atoms with Gasteiger partial charge in [0.15, 0.2) is 5.01 Å². The molecular weight excluding hydrogens is 534 g/mol. The summed E-state index contributed by atoms with van der Waals surface area (Å²) >= 11 is 7.34. The number of thiazole rings is 1. The largest absolute Gasteiger partial charge is 0.357 e. The molecule has 0 aliphatic carbocycles. The molecule has 2 aliphatic heterocycles. The monoisotopic (exact) mass is 559 g/mol. The number of carbonyl (C=O) groups excluding carboxylic acids is 2. The third kappa shape index (κ3) is 5.14. The number of halogens is 1. The highest BCUT2D eigenvalue weighted by atomic mass is 35.5. The zero-order valence-electron chi connectivity index (χ0n) is 20.1. The normalized spacial score (nSPS) is 19.0. The molecular formula is C25H26ClN5O4S2. The van der Waals surface area contributed by atoms with E-state index in [1.807, 2.05) is 0 Å². The Hall–Kier alpha value is -2.83. The van der Waals surface area contributed by atoms with Crippen molar-refractivity contribution < 1.29 is 18.0 Å². The van der Waals surface area contributed by atoms with Gasteiger partial charge >= 0.3 is 0 Å². The highest BCUT2D eigenvalue weighted by Crippen LogP contribution is 2.29. The summed E-state index contributed by atoms with van der Waals surface area (Å²) in [6.07, 6.45) is 4.64. The molecule has 37 heavy (non-hydrogen) atoms. The van der Waals surface area contributed by atoms with Crippen LogP contribution < -0.4 is 10.6 Å². The Labute approximate surface area is 224 Å². The van der Waals surface area contributed by atoms with Crippen molar-refractivity contribution in [1.29, 1.82) is 0 Å². The van der Waals surface area contributed by atoms with Crippen molar-refractivity contribution in [2.75, 3.05) is 39.8 Å². The number of nitrogens with one attached hydrogen (secondary N) is 2. The molecule has 0 spiro atoms. The van der Waals surface area contributed by atoms with Crippen molar-refractivity contribution in [3.63, 3.8) is 0 Å². The third-order valence-corrected chi connectivity index (χ3v) is 9.79. The second-order valence-corrected chi connectivity index (χ2v) is 12.3. The van der Waals surface area contributed by atoms with E-state index in [9.17, 15) is 18.0 Å². The van der Waals surface area contributed by atoms with Gasteiger partial charge in [-0.05, 0) is 53.6 Å². The predicted octanol–water partition coefficient (Wildman–Crippen LogP) is 2.59. The Balaban J connectivity index is 1.38. The van der Waals surface area contributed by atoms with Crippen LogP contribution in [0.4, 0.5) is 0 Å². The minimum absolute atomic E-state index is 0.0648. The molecule has 3 heterocycles. The van der Waals surface area contributed by atoms with Crippen molar-refractivity contribution in [3.05, 3.63) is 63.6 Å². The number of hydrogen-bond acceptors (Lipinski definition) is 7. The zero-order chi connectivity index (χ0) is 26.2. The molecule has 9 nitrogen and oxygen atoms in total. The molecule has 1 atom stereocenters. The van der Waals surface area contributed by atoms with Gasteiger partial charge in [0.25, 0.3) is 5.91 Å². The first-order valence-electron chi connectivity index (χ1n) is 11.9. The molecule has 1 unspecified atom stereocenters. The van der Waals surface area contributed by atoms with Crippen LogP contribution in [0.25, 0.3) is 16.3 Å². The minimum Gasteiger partial charge on any atom is -0.357 e. The van der Waals surface area contributed by atoms with Crippen LogP contribution in [0.2, 0.25) is 5.02 Å². The lowest BCUT2D eigenvalue weighted by molar-refractivity contribution is -0.126. The number of fused-ring (bicyclic) bond motifs is 1. The molecule has 0 saturated carbocycles. The molecule has 194 valence electrons. The number of nitrogens with zero attached hydrogens (tertiary/aromatic N) is 3. The smallest absolute Gasteiger partial charge is 0.283 e. The van der Waals surface area contributed by atoms with Gasteiger partial charge in [-0.2, -0.15) is 4.31 Å². The fourth-order valence-corrected chi connectivity index (χ4v) is 7.20. The second kappa shape index (κ2) is 10.5. The number of amides is 2. The number of likely N-dealkylation sites (N-methyl/N-ethyl adjacent to an activating group) is 1. The Kier molecular flexibility index (Phi) is 7.32. The van der Waals surface area contributed by atoms with Crippen molar-refractivity contribution in [1.82, 2.24) is 24.8 Å². The van der Waals surface area contributed by atoms with Gasteiger partial charge < -0.3 is 15.5 Å².